The molecule has 0 saturated carbocycles. The van der Waals surface area contributed by atoms with Crippen LogP contribution in [0, 0.1) is 11.3 Å². The largest absolute Gasteiger partial charge is 0.398 e. The van der Waals surface area contributed by atoms with Crippen molar-refractivity contribution in [3.63, 3.8) is 0 Å². The average Bonchev–Trinajstić information content (AvgIpc) is 2.38. The number of nitrogens with zero attached hydrogens (tertiary/aromatic N) is 1. The molecule has 0 amide bonds. The van der Waals surface area contributed by atoms with Gasteiger partial charge in [0, 0.05) is 11.4 Å². The fourth-order valence-electron chi connectivity index (χ4n) is 1.31. The molecular formula is C11H15N3O3. The number of rotatable bonds is 5. The summed E-state index contributed by atoms with van der Waals surface area (Å²) in [6.45, 7) is -1.31. The minimum absolute atomic E-state index is 0.290. The lowest BCUT2D eigenvalue weighted by molar-refractivity contribution is 0.0834. The number of aliphatic hydroxyl groups excluding tert-OH is 3. The molecule has 0 fully saturated rings. The number of hydrogen-bond acceptors (Lipinski definition) is 6. The van der Waals surface area contributed by atoms with E-state index in [1.54, 1.807) is 6.07 Å². The number of nitrogens with one attached hydrogen (secondary N) is 1. The van der Waals surface area contributed by atoms with E-state index in [1.807, 2.05) is 6.07 Å². The topological polar surface area (TPSA) is 123 Å². The first-order chi connectivity index (χ1) is 8.10. The summed E-state index contributed by atoms with van der Waals surface area (Å²) in [5.41, 5.74) is 5.47. The van der Waals surface area contributed by atoms with Crippen molar-refractivity contribution < 1.29 is 15.3 Å². The lowest BCUT2D eigenvalue weighted by atomic mass is 10.0. The quantitative estimate of drug-likeness (QED) is 0.430. The van der Waals surface area contributed by atoms with E-state index >= 15 is 0 Å². The average molecular weight is 237 g/mol. The van der Waals surface area contributed by atoms with Gasteiger partial charge in [0.25, 0.3) is 0 Å². The third kappa shape index (κ3) is 2.85. The van der Waals surface area contributed by atoms with Crippen LogP contribution < -0.4 is 11.1 Å². The van der Waals surface area contributed by atoms with Crippen molar-refractivity contribution in [2.45, 2.75) is 5.54 Å². The van der Waals surface area contributed by atoms with Gasteiger partial charge in [0.15, 0.2) is 0 Å². The number of nitrogens with two attached hydrogens (primary N) is 1. The molecule has 1 aromatic carbocycles. The van der Waals surface area contributed by atoms with Crippen LogP contribution in [0.5, 0.6) is 0 Å². The molecule has 0 saturated heterocycles. The summed E-state index contributed by atoms with van der Waals surface area (Å²) >= 11 is 0. The van der Waals surface area contributed by atoms with Crippen molar-refractivity contribution in [2.75, 3.05) is 30.9 Å². The highest BCUT2D eigenvalue weighted by Gasteiger charge is 2.27. The second-order valence-corrected chi connectivity index (χ2v) is 3.79. The summed E-state index contributed by atoms with van der Waals surface area (Å²) in [6.07, 6.45) is 0. The minimum atomic E-state index is -1.22. The van der Waals surface area contributed by atoms with Crippen LogP contribution in [0.4, 0.5) is 11.4 Å². The summed E-state index contributed by atoms with van der Waals surface area (Å²) in [7, 11) is 0. The molecule has 0 unspecified atom stereocenters. The Kier molecular flexibility index (Phi) is 4.29. The molecule has 1 rings (SSSR count). The van der Waals surface area contributed by atoms with Gasteiger partial charge < -0.3 is 26.4 Å². The van der Waals surface area contributed by atoms with Crippen LogP contribution in [-0.2, 0) is 0 Å². The van der Waals surface area contributed by atoms with E-state index in [2.05, 4.69) is 5.32 Å². The second-order valence-electron chi connectivity index (χ2n) is 3.79. The summed E-state index contributed by atoms with van der Waals surface area (Å²) in [5.74, 6) is 0. The maximum atomic E-state index is 9.15. The van der Waals surface area contributed by atoms with E-state index in [0.29, 0.717) is 11.4 Å². The van der Waals surface area contributed by atoms with Crippen LogP contribution in [0.25, 0.3) is 0 Å². The summed E-state index contributed by atoms with van der Waals surface area (Å²) in [5, 5.41) is 39.0. The Morgan fingerprint density at radius 2 is 1.82 bits per heavy atom. The number of hydrogen-bond donors (Lipinski definition) is 5. The van der Waals surface area contributed by atoms with Gasteiger partial charge in [-0.05, 0) is 18.2 Å². The molecule has 0 aliphatic rings. The van der Waals surface area contributed by atoms with Gasteiger partial charge in [-0.3, -0.25) is 0 Å². The second kappa shape index (κ2) is 5.50. The van der Waals surface area contributed by atoms with Gasteiger partial charge in [0.1, 0.15) is 11.6 Å². The molecule has 17 heavy (non-hydrogen) atoms. The first-order valence-corrected chi connectivity index (χ1v) is 5.01. The first kappa shape index (κ1) is 13.3. The Labute approximate surface area is 98.9 Å². The molecule has 0 spiro atoms. The molecular weight excluding hydrogens is 222 g/mol. The summed E-state index contributed by atoms with van der Waals surface area (Å²) in [4.78, 5) is 0. The predicted molar refractivity (Wildman–Crippen MR) is 63.2 cm³/mol. The van der Waals surface area contributed by atoms with Crippen LogP contribution in [0.1, 0.15) is 5.56 Å². The van der Waals surface area contributed by atoms with Crippen LogP contribution in [0.3, 0.4) is 0 Å². The van der Waals surface area contributed by atoms with Crippen molar-refractivity contribution in [2.24, 2.45) is 0 Å². The minimum Gasteiger partial charge on any atom is -0.398 e. The van der Waals surface area contributed by atoms with E-state index in [1.165, 1.54) is 12.1 Å². The molecule has 6 nitrogen and oxygen atoms in total. The molecule has 6 heteroatoms. The number of aliphatic hydroxyl groups is 3. The molecule has 0 bridgehead atoms. The third-order valence-corrected chi connectivity index (χ3v) is 2.49. The standard InChI is InChI=1S/C11H15N3O3/c12-4-8-3-9(1-2-10(8)13)14-11(5-15,6-16)7-17/h1-3,14-17H,5-7,13H2. The number of nitrogen functional groups attached to an aromatic ring is 1. The van der Waals surface area contributed by atoms with Gasteiger partial charge in [-0.15, -0.1) is 0 Å². The van der Waals surface area contributed by atoms with E-state index in [0.717, 1.165) is 0 Å². The maximum absolute atomic E-state index is 9.15. The molecule has 1 aromatic rings. The Morgan fingerprint density at radius 3 is 2.29 bits per heavy atom. The predicted octanol–water partition coefficient (Wildman–Crippen LogP) is -0.732. The van der Waals surface area contributed by atoms with Crippen LogP contribution >= 0.6 is 0 Å². The Hall–Kier alpha value is -1.81. The molecule has 0 aromatic heterocycles. The maximum Gasteiger partial charge on any atom is 0.107 e. The van der Waals surface area contributed by atoms with Crippen LogP contribution in [-0.4, -0.2) is 40.7 Å². The normalized spacial score (nSPS) is 10.9. The van der Waals surface area contributed by atoms with Gasteiger partial charge >= 0.3 is 0 Å². The third-order valence-electron chi connectivity index (χ3n) is 2.49. The Bertz CT molecular complexity index is 416. The van der Waals surface area contributed by atoms with E-state index in [-0.39, 0.29) is 5.56 Å². The van der Waals surface area contributed by atoms with Crippen molar-refractivity contribution in [1.82, 2.24) is 0 Å². The highest BCUT2D eigenvalue weighted by atomic mass is 16.3. The van der Waals surface area contributed by atoms with E-state index in [4.69, 9.17) is 26.3 Å². The Balaban J connectivity index is 2.99. The molecule has 6 N–H and O–H groups in total. The van der Waals surface area contributed by atoms with Gasteiger partial charge in [-0.1, -0.05) is 0 Å². The number of anilines is 2. The fraction of sp³-hybridized carbons (Fsp3) is 0.364. The molecule has 0 radical (unpaired) electrons. The zero-order valence-electron chi connectivity index (χ0n) is 9.22. The summed E-state index contributed by atoms with van der Waals surface area (Å²) < 4.78 is 0. The molecule has 0 aliphatic heterocycles. The van der Waals surface area contributed by atoms with Gasteiger partial charge in [0.05, 0.1) is 25.4 Å². The number of benzene rings is 1. The first-order valence-electron chi connectivity index (χ1n) is 5.01. The van der Waals surface area contributed by atoms with Gasteiger partial charge in [-0.25, -0.2) is 0 Å². The van der Waals surface area contributed by atoms with E-state index in [9.17, 15) is 0 Å². The molecule has 0 atom stereocenters. The monoisotopic (exact) mass is 237 g/mol. The lowest BCUT2D eigenvalue weighted by Gasteiger charge is -2.30. The van der Waals surface area contributed by atoms with Crippen LogP contribution in [0.15, 0.2) is 18.2 Å². The van der Waals surface area contributed by atoms with Crippen molar-refractivity contribution in [1.29, 1.82) is 5.26 Å². The van der Waals surface area contributed by atoms with Crippen molar-refractivity contribution >= 4 is 11.4 Å². The van der Waals surface area contributed by atoms with Crippen molar-refractivity contribution in [3.05, 3.63) is 23.8 Å². The molecule has 92 valence electrons. The highest BCUT2D eigenvalue weighted by Crippen LogP contribution is 2.20. The van der Waals surface area contributed by atoms with Crippen LogP contribution in [0.2, 0.25) is 0 Å². The SMILES string of the molecule is N#Cc1cc(NC(CO)(CO)CO)ccc1N. The Morgan fingerprint density at radius 1 is 1.24 bits per heavy atom. The number of nitriles is 1. The zero-order chi connectivity index (χ0) is 12.9. The molecule has 0 heterocycles. The summed E-state index contributed by atoms with van der Waals surface area (Å²) in [6, 6.07) is 6.56. The van der Waals surface area contributed by atoms with Crippen molar-refractivity contribution in [3.8, 4) is 6.07 Å². The smallest absolute Gasteiger partial charge is 0.107 e. The highest BCUT2D eigenvalue weighted by molar-refractivity contribution is 5.62. The lowest BCUT2D eigenvalue weighted by Crippen LogP contribution is -2.49. The molecule has 0 aliphatic carbocycles. The van der Waals surface area contributed by atoms with E-state index < -0.39 is 25.4 Å². The fourth-order valence-corrected chi connectivity index (χ4v) is 1.31. The zero-order valence-corrected chi connectivity index (χ0v) is 9.22. The van der Waals surface area contributed by atoms with Gasteiger partial charge in [-0.2, -0.15) is 5.26 Å². The van der Waals surface area contributed by atoms with Gasteiger partial charge in [0.2, 0.25) is 0 Å².